The van der Waals surface area contributed by atoms with Gasteiger partial charge in [-0.2, -0.15) is 5.26 Å². The molecule has 1 aromatic carbocycles. The third kappa shape index (κ3) is 3.82. The molecule has 1 aliphatic rings. The Bertz CT molecular complexity index is 947. The second-order valence-corrected chi connectivity index (χ2v) is 6.89. The number of hydrogen-bond donors (Lipinski definition) is 2. The van der Waals surface area contributed by atoms with Crippen molar-refractivity contribution in [1.82, 2.24) is 14.5 Å². The molecule has 3 aromatic rings. The Morgan fingerprint density at radius 1 is 1.19 bits per heavy atom. The Balaban J connectivity index is 1.56. The van der Waals surface area contributed by atoms with E-state index in [9.17, 15) is 5.11 Å². The van der Waals surface area contributed by atoms with E-state index in [4.69, 9.17) is 14.7 Å². The first-order valence-electron chi connectivity index (χ1n) is 9.26. The minimum Gasteiger partial charge on any atom is -0.462 e. The van der Waals surface area contributed by atoms with Gasteiger partial charge < -0.3 is 19.4 Å². The van der Waals surface area contributed by atoms with E-state index in [1.165, 1.54) is 0 Å². The van der Waals surface area contributed by atoms with Gasteiger partial charge in [0.15, 0.2) is 0 Å². The summed E-state index contributed by atoms with van der Waals surface area (Å²) in [6, 6.07) is 14.3. The number of fused-ring (bicyclic) bond motifs is 1. The van der Waals surface area contributed by atoms with Crippen molar-refractivity contribution in [3.8, 4) is 6.07 Å². The highest BCUT2D eigenvalue weighted by Crippen LogP contribution is 2.24. The van der Waals surface area contributed by atoms with E-state index in [0.29, 0.717) is 24.9 Å². The Morgan fingerprint density at radius 3 is 2.70 bits per heavy atom. The second kappa shape index (κ2) is 7.82. The van der Waals surface area contributed by atoms with Crippen molar-refractivity contribution in [3.05, 3.63) is 47.9 Å². The number of benzene rings is 1. The summed E-state index contributed by atoms with van der Waals surface area (Å²) in [5.74, 6) is 2.18. The van der Waals surface area contributed by atoms with E-state index in [-0.39, 0.29) is 6.61 Å². The smallest absolute Gasteiger partial charge is 0.204 e. The van der Waals surface area contributed by atoms with Crippen molar-refractivity contribution in [2.75, 3.05) is 25.0 Å². The molecule has 1 fully saturated rings. The lowest BCUT2D eigenvalue weighted by Crippen LogP contribution is -2.39. The number of hydrogen-bond acceptors (Lipinski definition) is 6. The molecule has 0 atom stereocenters. The van der Waals surface area contributed by atoms with Gasteiger partial charge >= 0.3 is 0 Å². The first kappa shape index (κ1) is 17.6. The maximum Gasteiger partial charge on any atom is 0.204 e. The number of aliphatic hydroxyl groups is 1. The molecule has 0 bridgehead atoms. The second-order valence-electron chi connectivity index (χ2n) is 6.89. The molecule has 140 valence electrons. The van der Waals surface area contributed by atoms with Gasteiger partial charge in [-0.25, -0.2) is 4.98 Å². The average molecular weight is 365 g/mol. The third-order valence-corrected chi connectivity index (χ3v) is 5.06. The van der Waals surface area contributed by atoms with Crippen molar-refractivity contribution in [2.45, 2.75) is 32.0 Å². The molecule has 3 heterocycles. The quantitative estimate of drug-likeness (QED) is 0.653. The number of anilines is 1. The van der Waals surface area contributed by atoms with Crippen LogP contribution in [0.4, 0.5) is 5.95 Å². The molecule has 7 nitrogen and oxygen atoms in total. The number of nitrogens with zero attached hydrogens (tertiary/aromatic N) is 4. The molecule has 0 radical (unpaired) electrons. The molecule has 0 spiro atoms. The Hall–Kier alpha value is -2.82. The predicted octanol–water partition coefficient (Wildman–Crippen LogP) is 2.57. The normalized spacial score (nSPS) is 15.9. The molecule has 0 aliphatic carbocycles. The molecular formula is C20H23N5O2. The van der Waals surface area contributed by atoms with Gasteiger partial charge in [-0.05, 0) is 37.1 Å². The average Bonchev–Trinajstić information content (AvgIpc) is 3.29. The lowest BCUT2D eigenvalue weighted by Gasteiger charge is -2.31. The molecule has 4 rings (SSSR count). The van der Waals surface area contributed by atoms with Crippen LogP contribution in [-0.2, 0) is 13.2 Å². The van der Waals surface area contributed by atoms with Crippen LogP contribution >= 0.6 is 0 Å². The van der Waals surface area contributed by atoms with Gasteiger partial charge in [0.2, 0.25) is 5.95 Å². The summed E-state index contributed by atoms with van der Waals surface area (Å²) in [5, 5.41) is 21.7. The van der Waals surface area contributed by atoms with Crippen LogP contribution in [-0.4, -0.2) is 45.2 Å². The number of furan rings is 1. The van der Waals surface area contributed by atoms with Gasteiger partial charge in [-0.15, -0.1) is 0 Å². The number of nitriles is 1. The van der Waals surface area contributed by atoms with E-state index in [1.54, 1.807) is 6.07 Å². The zero-order chi connectivity index (χ0) is 18.6. The van der Waals surface area contributed by atoms with Crippen molar-refractivity contribution in [1.29, 1.82) is 5.26 Å². The van der Waals surface area contributed by atoms with E-state index < -0.39 is 0 Å². The maximum atomic E-state index is 9.23. The maximum absolute atomic E-state index is 9.23. The first-order valence-corrected chi connectivity index (χ1v) is 9.26. The molecular weight excluding hydrogens is 342 g/mol. The van der Waals surface area contributed by atoms with Crippen LogP contribution < -0.4 is 5.32 Å². The SMILES string of the molecule is N#CCN1CCC(Nc2nc3ccccc3n2Cc2ccc(CO)o2)CC1. The summed E-state index contributed by atoms with van der Waals surface area (Å²) >= 11 is 0. The molecule has 1 saturated heterocycles. The van der Waals surface area contributed by atoms with Crippen molar-refractivity contribution in [2.24, 2.45) is 0 Å². The molecule has 0 saturated carbocycles. The third-order valence-electron chi connectivity index (χ3n) is 5.06. The van der Waals surface area contributed by atoms with Gasteiger partial charge in [-0.1, -0.05) is 12.1 Å². The number of likely N-dealkylation sites (tertiary alicyclic amines) is 1. The van der Waals surface area contributed by atoms with E-state index in [2.05, 4.69) is 26.9 Å². The fraction of sp³-hybridized carbons (Fsp3) is 0.400. The topological polar surface area (TPSA) is 90.2 Å². The van der Waals surface area contributed by atoms with Gasteiger partial charge in [0, 0.05) is 19.1 Å². The fourth-order valence-electron chi connectivity index (χ4n) is 3.61. The number of rotatable bonds is 6. The van der Waals surface area contributed by atoms with Gasteiger partial charge in [0.1, 0.15) is 18.1 Å². The van der Waals surface area contributed by atoms with E-state index >= 15 is 0 Å². The number of aliphatic hydroxyl groups excluding tert-OH is 1. The largest absolute Gasteiger partial charge is 0.462 e. The highest BCUT2D eigenvalue weighted by molar-refractivity contribution is 5.78. The number of imidazole rings is 1. The summed E-state index contributed by atoms with van der Waals surface area (Å²) < 4.78 is 7.80. The highest BCUT2D eigenvalue weighted by Gasteiger charge is 2.21. The van der Waals surface area contributed by atoms with Crippen LogP contribution in [0.5, 0.6) is 0 Å². The summed E-state index contributed by atoms with van der Waals surface area (Å²) in [7, 11) is 0. The molecule has 27 heavy (non-hydrogen) atoms. The zero-order valence-corrected chi connectivity index (χ0v) is 15.1. The standard InChI is InChI=1S/C20H23N5O2/c21-9-12-24-10-7-15(8-11-24)22-20-23-18-3-1-2-4-19(18)25(20)13-16-5-6-17(14-26)27-16/h1-6,15,26H,7-8,10-14H2,(H,22,23). The highest BCUT2D eigenvalue weighted by atomic mass is 16.4. The lowest BCUT2D eigenvalue weighted by atomic mass is 10.1. The van der Waals surface area contributed by atoms with Crippen LogP contribution in [0.3, 0.4) is 0 Å². The lowest BCUT2D eigenvalue weighted by molar-refractivity contribution is 0.241. The van der Waals surface area contributed by atoms with Crippen LogP contribution in [0, 0.1) is 11.3 Å². The summed E-state index contributed by atoms with van der Waals surface area (Å²) in [6.45, 7) is 2.79. The van der Waals surface area contributed by atoms with Gasteiger partial charge in [0.25, 0.3) is 0 Å². The molecule has 2 aromatic heterocycles. The Kier molecular flexibility index (Phi) is 5.10. The predicted molar refractivity (Wildman–Crippen MR) is 102 cm³/mol. The van der Waals surface area contributed by atoms with E-state index in [0.717, 1.165) is 48.7 Å². The van der Waals surface area contributed by atoms with Crippen molar-refractivity contribution >= 4 is 17.0 Å². The fourth-order valence-corrected chi connectivity index (χ4v) is 3.61. The van der Waals surface area contributed by atoms with Gasteiger partial charge in [0.05, 0.1) is 30.2 Å². The Morgan fingerprint density at radius 2 is 1.96 bits per heavy atom. The first-order chi connectivity index (χ1) is 13.3. The van der Waals surface area contributed by atoms with Crippen LogP contribution in [0.2, 0.25) is 0 Å². The molecule has 7 heteroatoms. The van der Waals surface area contributed by atoms with Crippen LogP contribution in [0.1, 0.15) is 24.4 Å². The molecule has 0 unspecified atom stereocenters. The summed E-state index contributed by atoms with van der Waals surface area (Å²) in [4.78, 5) is 6.96. The number of aromatic nitrogens is 2. The van der Waals surface area contributed by atoms with Crippen molar-refractivity contribution < 1.29 is 9.52 Å². The number of piperidine rings is 1. The molecule has 2 N–H and O–H groups in total. The monoisotopic (exact) mass is 365 g/mol. The van der Waals surface area contributed by atoms with Crippen LogP contribution in [0.25, 0.3) is 11.0 Å². The summed E-state index contributed by atoms with van der Waals surface area (Å²) in [6.07, 6.45) is 1.97. The molecule has 1 aliphatic heterocycles. The van der Waals surface area contributed by atoms with Gasteiger partial charge in [-0.3, -0.25) is 4.90 Å². The Labute approximate surface area is 157 Å². The van der Waals surface area contributed by atoms with Crippen LogP contribution in [0.15, 0.2) is 40.8 Å². The summed E-state index contributed by atoms with van der Waals surface area (Å²) in [5.41, 5.74) is 1.99. The number of para-hydroxylation sites is 2. The molecule has 0 amide bonds. The minimum absolute atomic E-state index is 0.100. The van der Waals surface area contributed by atoms with E-state index in [1.807, 2.05) is 24.3 Å². The van der Waals surface area contributed by atoms with Crippen molar-refractivity contribution in [3.63, 3.8) is 0 Å². The number of nitrogens with one attached hydrogen (secondary N) is 1. The minimum atomic E-state index is -0.100. The zero-order valence-electron chi connectivity index (χ0n) is 15.1.